The van der Waals surface area contributed by atoms with Gasteiger partial charge in [-0.1, -0.05) is 27.7 Å². The Morgan fingerprint density at radius 3 is 2.33 bits per heavy atom. The van der Waals surface area contributed by atoms with Gasteiger partial charge in [-0.15, -0.1) is 8.67 Å². The van der Waals surface area contributed by atoms with Crippen LogP contribution in [0.25, 0.3) is 0 Å². The number of rotatable bonds is 15. The molecule has 14 atom stereocenters. The van der Waals surface area contributed by atoms with Gasteiger partial charge < -0.3 is 40.0 Å². The summed E-state index contributed by atoms with van der Waals surface area (Å²) in [7, 11) is 0. The van der Waals surface area contributed by atoms with Crippen molar-refractivity contribution in [3.05, 3.63) is 0 Å². The Morgan fingerprint density at radius 2 is 1.71 bits per heavy atom. The van der Waals surface area contributed by atoms with E-state index in [1.165, 1.54) is 0 Å². The van der Waals surface area contributed by atoms with Crippen molar-refractivity contribution >= 4 is 36.6 Å². The summed E-state index contributed by atoms with van der Waals surface area (Å²) in [5.41, 5.74) is -0.771. The molecule has 1 spiro atoms. The lowest BCUT2D eigenvalue weighted by Gasteiger charge is -2.62. The third-order valence-electron chi connectivity index (χ3n) is 11.9. The highest BCUT2D eigenvalue weighted by molar-refractivity contribution is 7.90. The van der Waals surface area contributed by atoms with Crippen LogP contribution < -0.4 is 10.5 Å². The lowest BCUT2D eigenvalue weighted by Crippen LogP contribution is -2.63. The first-order valence-electron chi connectivity index (χ1n) is 16.5. The average molecular weight is 727 g/mol. The minimum atomic E-state index is -1.40. The molecular weight excluding hydrogens is 680 g/mol. The molecule has 18 heteroatoms. The zero-order chi connectivity index (χ0) is 34.8. The number of aliphatic hydroxyl groups excluding tert-OH is 2. The monoisotopic (exact) mass is 726 g/mol. The summed E-state index contributed by atoms with van der Waals surface area (Å²) in [6.45, 7) is 7.22. The second-order valence-electron chi connectivity index (χ2n) is 14.7. The summed E-state index contributed by atoms with van der Waals surface area (Å²) in [5, 5.41) is 60.0. The summed E-state index contributed by atoms with van der Waals surface area (Å²) in [6.07, 6.45) is -2.95. The summed E-state index contributed by atoms with van der Waals surface area (Å²) in [6, 6.07) is 0. The molecule has 276 valence electrons. The molecule has 0 aromatic carbocycles. The summed E-state index contributed by atoms with van der Waals surface area (Å²) < 4.78 is 38.1. The van der Waals surface area contributed by atoms with E-state index in [2.05, 4.69) is 32.6 Å². The molecule has 1 aliphatic heterocycles. The van der Waals surface area contributed by atoms with Crippen molar-refractivity contribution in [1.82, 2.24) is 0 Å². The highest BCUT2D eigenvalue weighted by Crippen LogP contribution is 2.71. The first-order chi connectivity index (χ1) is 22.9. The Labute approximate surface area is 287 Å². The standard InChI is InChI=1S/C30H48O16S2/c1-14(2)9-22(32)40-25-24(42-48-46-44-37)23(41-47-45-43-36)20(13-31)39-28(25)38-17-10-18(27(34)35)19-7-8-30-11-16(15(3)26(30)33)5-6-21(30)29(19,4)12-17/h14-21,23-26,28,31,33,36-37H,5-13H2,1-4H3,(H,34,35)/p-2/t15?,16?,17?,18?,19?,20-,21?,23+,24-,25?,26-,28+,29?,30?/m0/s1. The van der Waals surface area contributed by atoms with Crippen LogP contribution in [-0.2, 0) is 50.9 Å². The molecule has 0 aromatic heterocycles. The van der Waals surface area contributed by atoms with E-state index in [0.717, 1.165) is 25.7 Å². The van der Waals surface area contributed by atoms with E-state index in [1.54, 1.807) is 0 Å². The molecule has 0 amide bonds. The van der Waals surface area contributed by atoms with Crippen molar-refractivity contribution in [1.29, 1.82) is 0 Å². The Morgan fingerprint density at radius 1 is 1.02 bits per heavy atom. The molecule has 9 unspecified atom stereocenters. The highest BCUT2D eigenvalue weighted by atomic mass is 32.2. The molecule has 3 N–H and O–H groups in total. The predicted molar refractivity (Wildman–Crippen MR) is 159 cm³/mol. The first-order valence-corrected chi connectivity index (χ1v) is 17.8. The molecule has 0 radical (unpaired) electrons. The number of hydrogen-bond acceptors (Lipinski definition) is 17. The molecule has 4 aliphatic carbocycles. The lowest BCUT2D eigenvalue weighted by molar-refractivity contribution is -0.778. The Kier molecular flexibility index (Phi) is 13.0. The van der Waals surface area contributed by atoms with Crippen LogP contribution in [0.4, 0.5) is 0 Å². The van der Waals surface area contributed by atoms with Gasteiger partial charge in [0.25, 0.3) is 0 Å². The van der Waals surface area contributed by atoms with E-state index in [1.807, 2.05) is 13.8 Å². The van der Waals surface area contributed by atoms with Crippen LogP contribution >= 0.6 is 24.6 Å². The highest BCUT2D eigenvalue weighted by Gasteiger charge is 2.67. The van der Waals surface area contributed by atoms with Gasteiger partial charge in [0.05, 0.1) is 24.7 Å². The van der Waals surface area contributed by atoms with Crippen LogP contribution in [0, 0.1) is 46.3 Å². The van der Waals surface area contributed by atoms with Gasteiger partial charge in [-0.2, -0.15) is 0 Å². The number of hydrogen-bond donors (Lipinski definition) is 3. The number of esters is 1. The Hall–Kier alpha value is -0.840. The van der Waals surface area contributed by atoms with Gasteiger partial charge in [-0.25, -0.2) is 0 Å². The topological polar surface area (TPSA) is 224 Å². The molecule has 1 saturated heterocycles. The smallest absolute Gasteiger partial charge is 0.306 e. The maximum atomic E-state index is 13.0. The molecule has 4 saturated carbocycles. The van der Waals surface area contributed by atoms with Crippen LogP contribution in [0.2, 0.25) is 0 Å². The fourth-order valence-electron chi connectivity index (χ4n) is 10.1. The zero-order valence-electron chi connectivity index (χ0n) is 27.3. The van der Waals surface area contributed by atoms with Gasteiger partial charge in [-0.3, -0.25) is 28.0 Å². The summed E-state index contributed by atoms with van der Waals surface area (Å²) >= 11 is 0.208. The maximum absolute atomic E-state index is 13.0. The Bertz CT molecular complexity index is 1100. The number of fused-ring (bicyclic) bond motifs is 3. The van der Waals surface area contributed by atoms with E-state index in [4.69, 9.17) is 22.6 Å². The normalized spacial score (nSPS) is 43.9. The average Bonchev–Trinajstić information content (AvgIpc) is 3.21. The predicted octanol–water partition coefficient (Wildman–Crippen LogP) is 1.71. The quantitative estimate of drug-likeness (QED) is 0.0545. The summed E-state index contributed by atoms with van der Waals surface area (Å²) in [5.74, 6) is -1.82. The van der Waals surface area contributed by atoms with Crippen molar-refractivity contribution in [3.8, 4) is 0 Å². The number of aliphatic carboxylic acids is 1. The number of ether oxygens (including phenoxy) is 3. The fourth-order valence-corrected chi connectivity index (χ4v) is 10.8. The second-order valence-corrected chi connectivity index (χ2v) is 15.7. The number of carboxylic acids is 1. The summed E-state index contributed by atoms with van der Waals surface area (Å²) in [4.78, 5) is 25.9. The molecule has 48 heavy (non-hydrogen) atoms. The van der Waals surface area contributed by atoms with E-state index in [0.29, 0.717) is 18.8 Å². The first kappa shape index (κ1) is 38.4. The van der Waals surface area contributed by atoms with E-state index >= 15 is 0 Å². The van der Waals surface area contributed by atoms with Crippen LogP contribution in [0.1, 0.15) is 79.1 Å². The second kappa shape index (κ2) is 16.2. The van der Waals surface area contributed by atoms with Gasteiger partial charge in [0.15, 0.2) is 37.0 Å². The van der Waals surface area contributed by atoms with E-state index in [9.17, 15) is 35.4 Å². The molecule has 5 rings (SSSR count). The van der Waals surface area contributed by atoms with E-state index in [-0.39, 0.29) is 66.6 Å². The number of aliphatic hydroxyl groups is 2. The van der Waals surface area contributed by atoms with Crippen molar-refractivity contribution in [2.24, 2.45) is 46.3 Å². The van der Waals surface area contributed by atoms with Crippen molar-refractivity contribution in [3.63, 3.8) is 0 Å². The third-order valence-corrected chi connectivity index (χ3v) is 12.7. The fraction of sp³-hybridized carbons (Fsp3) is 0.933. The molecular formula is C30H46O16S2-2. The van der Waals surface area contributed by atoms with Gasteiger partial charge in [0.1, 0.15) is 18.3 Å². The largest absolute Gasteiger partial charge is 0.691 e. The van der Waals surface area contributed by atoms with Gasteiger partial charge >= 0.3 is 11.9 Å². The number of carboxylic acid groups (broad SMARTS) is 1. The van der Waals surface area contributed by atoms with Crippen LogP contribution in [0.3, 0.4) is 0 Å². The van der Waals surface area contributed by atoms with Gasteiger partial charge in [0, 0.05) is 11.8 Å². The van der Waals surface area contributed by atoms with Crippen molar-refractivity contribution < 1.29 is 76.7 Å². The SMILES string of the molecule is CC(C)CC(=O)OC1[C@H](OC2CC(C(=O)O)C3CCC45CC(CCC4C3(C)C2)C(C)[C@@H]5O)O[C@@H](CO)[C@@H](OSOO[O-])[C@@H]1OSOO[O-]. The molecule has 2 bridgehead atoms. The molecule has 16 nitrogen and oxygen atoms in total. The van der Waals surface area contributed by atoms with Crippen LogP contribution in [0.5, 0.6) is 0 Å². The van der Waals surface area contributed by atoms with Gasteiger partial charge in [-0.05, 0) is 80.0 Å². The number of carbonyl (C=O) groups is 2. The molecule has 1 heterocycles. The maximum Gasteiger partial charge on any atom is 0.306 e. The van der Waals surface area contributed by atoms with Crippen LogP contribution in [0.15, 0.2) is 0 Å². The van der Waals surface area contributed by atoms with Gasteiger partial charge in [0.2, 0.25) is 0 Å². The molecule has 5 fully saturated rings. The lowest BCUT2D eigenvalue weighted by atomic mass is 9.43. The van der Waals surface area contributed by atoms with Crippen LogP contribution in [-0.4, -0.2) is 76.8 Å². The molecule has 5 aliphatic rings. The minimum Gasteiger partial charge on any atom is -0.691 e. The van der Waals surface area contributed by atoms with E-state index < -0.39 is 72.8 Å². The molecule has 0 aromatic rings. The minimum absolute atomic E-state index is 0.00978. The van der Waals surface area contributed by atoms with Crippen molar-refractivity contribution in [2.75, 3.05) is 6.61 Å². The number of carbonyl (C=O) groups excluding carboxylic acids is 1. The zero-order valence-corrected chi connectivity index (χ0v) is 29.0. The van der Waals surface area contributed by atoms with Crippen molar-refractivity contribution in [2.45, 2.75) is 122 Å². The Balaban J connectivity index is 1.45. The third kappa shape index (κ3) is 7.53.